The molecule has 0 unspecified atom stereocenters. The quantitative estimate of drug-likeness (QED) is 0.269. The number of nitriles is 1. The summed E-state index contributed by atoms with van der Waals surface area (Å²) < 4.78 is 0. The number of amides is 1. The highest BCUT2D eigenvalue weighted by Gasteiger charge is 2.47. The Morgan fingerprint density at radius 3 is 2.48 bits per heavy atom. The van der Waals surface area contributed by atoms with E-state index in [1.807, 2.05) is 24.4 Å². The van der Waals surface area contributed by atoms with Gasteiger partial charge < -0.3 is 16.4 Å². The molecule has 7 nitrogen and oxygen atoms in total. The molecule has 0 atom stereocenters. The lowest BCUT2D eigenvalue weighted by atomic mass is 9.68. The second-order valence-corrected chi connectivity index (χ2v) is 7.71. The normalized spacial score (nSPS) is 26.6. The lowest BCUT2D eigenvalue weighted by molar-refractivity contribution is -0.123. The van der Waals surface area contributed by atoms with Crippen molar-refractivity contribution >= 4 is 11.9 Å². The molecule has 0 heterocycles. The van der Waals surface area contributed by atoms with Crippen LogP contribution in [0.4, 0.5) is 0 Å². The fraction of sp³-hybridized carbons (Fsp3) is 0.550. The largest absolute Gasteiger partial charge is 0.354 e. The summed E-state index contributed by atoms with van der Waals surface area (Å²) in [6.45, 7) is 0.604. The Hall–Kier alpha value is -2.59. The molecule has 0 spiro atoms. The first-order valence-corrected chi connectivity index (χ1v) is 9.52. The molecule has 0 saturated heterocycles. The maximum Gasteiger partial charge on any atom is 0.240 e. The molecular formula is C20H28N6O. The van der Waals surface area contributed by atoms with Crippen LogP contribution in [0.5, 0.6) is 0 Å². The Kier molecular flexibility index (Phi) is 5.66. The Balaban J connectivity index is 1.68. The molecule has 2 saturated carbocycles. The van der Waals surface area contributed by atoms with Gasteiger partial charge in [-0.05, 0) is 44.1 Å². The summed E-state index contributed by atoms with van der Waals surface area (Å²) in [5.41, 5.74) is 6.56. The van der Waals surface area contributed by atoms with Crippen LogP contribution >= 0.6 is 0 Å². The van der Waals surface area contributed by atoms with Crippen LogP contribution in [0.2, 0.25) is 0 Å². The molecule has 0 aliphatic heterocycles. The summed E-state index contributed by atoms with van der Waals surface area (Å²) in [5.74, 6) is 0.471. The van der Waals surface area contributed by atoms with Gasteiger partial charge in [0.05, 0.1) is 5.54 Å². The van der Waals surface area contributed by atoms with Gasteiger partial charge in [-0.25, -0.2) is 0 Å². The maximum atomic E-state index is 12.4. The number of aliphatic imine (C=N–C) groups is 1. The third kappa shape index (κ3) is 4.40. The van der Waals surface area contributed by atoms with E-state index in [4.69, 9.17) is 11.0 Å². The van der Waals surface area contributed by atoms with Crippen molar-refractivity contribution in [1.82, 2.24) is 16.0 Å². The van der Waals surface area contributed by atoms with Gasteiger partial charge in [-0.3, -0.25) is 15.1 Å². The first-order valence-electron chi connectivity index (χ1n) is 9.52. The fourth-order valence-corrected chi connectivity index (χ4v) is 3.86. The second kappa shape index (κ2) is 7.97. The Labute approximate surface area is 160 Å². The van der Waals surface area contributed by atoms with Crippen molar-refractivity contribution in [2.24, 2.45) is 10.7 Å². The molecule has 144 valence electrons. The van der Waals surface area contributed by atoms with Crippen LogP contribution in [-0.2, 0) is 10.2 Å². The second-order valence-electron chi connectivity index (χ2n) is 7.71. The van der Waals surface area contributed by atoms with Gasteiger partial charge in [-0.2, -0.15) is 5.26 Å². The molecule has 2 aliphatic rings. The van der Waals surface area contributed by atoms with E-state index in [-0.39, 0.29) is 17.4 Å². The van der Waals surface area contributed by atoms with Crippen molar-refractivity contribution in [2.75, 3.05) is 13.6 Å². The molecule has 27 heavy (non-hydrogen) atoms. The minimum atomic E-state index is -0.647. The third-order valence-electron chi connectivity index (χ3n) is 5.90. The van der Waals surface area contributed by atoms with E-state index in [0.717, 1.165) is 38.5 Å². The van der Waals surface area contributed by atoms with Gasteiger partial charge in [0.25, 0.3) is 0 Å². The van der Waals surface area contributed by atoms with Crippen molar-refractivity contribution in [3.63, 3.8) is 0 Å². The monoisotopic (exact) mass is 368 g/mol. The summed E-state index contributed by atoms with van der Waals surface area (Å²) in [7, 11) is 1.65. The first kappa shape index (κ1) is 19.2. The van der Waals surface area contributed by atoms with Gasteiger partial charge in [0.2, 0.25) is 11.9 Å². The number of guanidine groups is 1. The molecule has 2 aliphatic carbocycles. The summed E-state index contributed by atoms with van der Waals surface area (Å²) in [4.78, 5) is 16.4. The number of nitrogens with two attached hydrogens (primary N) is 1. The molecule has 1 amide bonds. The number of nitrogens with zero attached hydrogens (tertiary/aromatic N) is 2. The van der Waals surface area contributed by atoms with Gasteiger partial charge in [-0.1, -0.05) is 30.3 Å². The van der Waals surface area contributed by atoms with Crippen molar-refractivity contribution in [3.05, 3.63) is 35.9 Å². The molecule has 1 aromatic carbocycles. The molecule has 0 radical (unpaired) electrons. The maximum absolute atomic E-state index is 12.4. The fourth-order valence-electron chi connectivity index (χ4n) is 3.86. The molecule has 7 heteroatoms. The predicted octanol–water partition coefficient (Wildman–Crippen LogP) is 1.12. The van der Waals surface area contributed by atoms with E-state index in [1.165, 1.54) is 5.56 Å². The van der Waals surface area contributed by atoms with E-state index < -0.39 is 5.54 Å². The topological polar surface area (TPSA) is 115 Å². The predicted molar refractivity (Wildman–Crippen MR) is 105 cm³/mol. The smallest absolute Gasteiger partial charge is 0.240 e. The first-order chi connectivity index (χ1) is 13.0. The van der Waals surface area contributed by atoms with Gasteiger partial charge >= 0.3 is 0 Å². The van der Waals surface area contributed by atoms with Crippen LogP contribution in [0.3, 0.4) is 0 Å². The number of carbonyl (C=O) groups excluding carboxylic acids is 1. The molecule has 2 fully saturated rings. The highest BCUT2D eigenvalue weighted by atomic mass is 16.2. The van der Waals surface area contributed by atoms with Crippen LogP contribution < -0.4 is 21.7 Å². The SMILES string of the molecule is CN=C(NC#N)NC1CCC(CNC(=O)C2(N)CC2)(c2ccccc2)CC1. The van der Waals surface area contributed by atoms with Gasteiger partial charge in [0, 0.05) is 25.0 Å². The molecule has 0 aromatic heterocycles. The van der Waals surface area contributed by atoms with Crippen LogP contribution in [0, 0.1) is 11.5 Å². The van der Waals surface area contributed by atoms with Crippen LogP contribution in [0.1, 0.15) is 44.1 Å². The summed E-state index contributed by atoms with van der Waals surface area (Å²) >= 11 is 0. The van der Waals surface area contributed by atoms with E-state index in [9.17, 15) is 4.79 Å². The van der Waals surface area contributed by atoms with E-state index >= 15 is 0 Å². The van der Waals surface area contributed by atoms with Crippen LogP contribution in [0.15, 0.2) is 35.3 Å². The average molecular weight is 368 g/mol. The summed E-state index contributed by atoms with van der Waals surface area (Å²) in [6, 6.07) is 10.7. The van der Waals surface area contributed by atoms with Gasteiger partial charge in [0.15, 0.2) is 6.19 Å². The van der Waals surface area contributed by atoms with Crippen molar-refractivity contribution in [2.45, 2.75) is 55.5 Å². The van der Waals surface area contributed by atoms with Gasteiger partial charge in [0.1, 0.15) is 0 Å². The van der Waals surface area contributed by atoms with Crippen molar-refractivity contribution in [3.8, 4) is 6.19 Å². The average Bonchev–Trinajstić information content (AvgIpc) is 3.46. The Morgan fingerprint density at radius 2 is 1.93 bits per heavy atom. The number of hydrogen-bond acceptors (Lipinski definition) is 4. The Bertz CT molecular complexity index is 727. The highest BCUT2D eigenvalue weighted by Crippen LogP contribution is 2.40. The van der Waals surface area contributed by atoms with Crippen LogP contribution in [0.25, 0.3) is 0 Å². The lowest BCUT2D eigenvalue weighted by Crippen LogP contribution is -2.51. The number of carbonyl (C=O) groups is 1. The molecule has 1 aromatic rings. The zero-order valence-corrected chi connectivity index (χ0v) is 15.8. The molecule has 5 N–H and O–H groups in total. The number of hydrogen-bond donors (Lipinski definition) is 4. The van der Waals surface area contributed by atoms with Crippen LogP contribution in [-0.4, -0.2) is 37.0 Å². The summed E-state index contributed by atoms with van der Waals surface area (Å²) in [6.07, 6.45) is 7.20. The zero-order valence-electron chi connectivity index (χ0n) is 15.8. The van der Waals surface area contributed by atoms with E-state index in [0.29, 0.717) is 12.5 Å². The third-order valence-corrected chi connectivity index (χ3v) is 5.90. The number of nitrogens with one attached hydrogen (secondary N) is 3. The highest BCUT2D eigenvalue weighted by molar-refractivity contribution is 5.89. The minimum absolute atomic E-state index is 0.0309. The standard InChI is InChI=1S/C20H28N6O/c1-23-18(25-14-21)26-16-7-9-19(10-8-16,15-5-3-2-4-6-15)13-24-17(27)20(22)11-12-20/h2-6,16H,7-13,22H2,1H3,(H,24,27)(H2,23,25,26). The molecular weight excluding hydrogens is 340 g/mol. The molecule has 3 rings (SSSR count). The van der Waals surface area contributed by atoms with Crippen molar-refractivity contribution < 1.29 is 4.79 Å². The Morgan fingerprint density at radius 1 is 1.26 bits per heavy atom. The molecule has 0 bridgehead atoms. The van der Waals surface area contributed by atoms with Gasteiger partial charge in [-0.15, -0.1) is 0 Å². The zero-order chi connectivity index (χ0) is 19.3. The lowest BCUT2D eigenvalue weighted by Gasteiger charge is -2.41. The number of benzene rings is 1. The van der Waals surface area contributed by atoms with E-state index in [2.05, 4.69) is 33.1 Å². The van der Waals surface area contributed by atoms with Crippen molar-refractivity contribution in [1.29, 1.82) is 5.26 Å². The summed E-state index contributed by atoms with van der Waals surface area (Å²) in [5, 5.41) is 17.8. The van der Waals surface area contributed by atoms with E-state index in [1.54, 1.807) is 7.05 Å². The number of rotatable bonds is 5. The minimum Gasteiger partial charge on any atom is -0.354 e.